The molecule has 1 fully saturated rings. The van der Waals surface area contributed by atoms with Crippen LogP contribution in [-0.2, 0) is 28.3 Å². The summed E-state index contributed by atoms with van der Waals surface area (Å²) < 4.78 is 89.9. The quantitative estimate of drug-likeness (QED) is 0.206. The van der Waals surface area contributed by atoms with Crippen LogP contribution in [0.4, 0.5) is 26.3 Å². The highest BCUT2D eigenvalue weighted by molar-refractivity contribution is 6.00. The number of rotatable bonds is 11. The molecule has 0 radical (unpaired) electrons. The highest BCUT2D eigenvalue weighted by Crippen LogP contribution is 2.37. The Morgan fingerprint density at radius 2 is 1.68 bits per heavy atom. The number of carbonyl (C=O) groups is 2. The van der Waals surface area contributed by atoms with Crippen LogP contribution in [0.15, 0.2) is 42.5 Å². The number of hydrogen-bond acceptors (Lipinski definition) is 5. The van der Waals surface area contributed by atoms with E-state index in [9.17, 15) is 35.9 Å². The molecular formula is C28H32F6N2O4. The van der Waals surface area contributed by atoms with Gasteiger partial charge in [-0.1, -0.05) is 12.1 Å². The van der Waals surface area contributed by atoms with Crippen molar-refractivity contribution < 1.29 is 45.4 Å². The van der Waals surface area contributed by atoms with Gasteiger partial charge in [-0.15, -0.1) is 0 Å². The molecule has 1 saturated heterocycles. The molecule has 1 aliphatic rings. The van der Waals surface area contributed by atoms with Crippen LogP contribution in [-0.4, -0.2) is 55.2 Å². The van der Waals surface area contributed by atoms with Gasteiger partial charge in [0.15, 0.2) is 5.78 Å². The molecule has 1 N–H and O–H groups in total. The average Bonchev–Trinajstić information content (AvgIpc) is 3.15. The maximum Gasteiger partial charge on any atom is 0.419 e. The van der Waals surface area contributed by atoms with E-state index in [1.807, 2.05) is 0 Å². The van der Waals surface area contributed by atoms with E-state index in [1.54, 1.807) is 25.8 Å². The van der Waals surface area contributed by atoms with Crippen molar-refractivity contribution in [3.8, 4) is 5.75 Å². The molecule has 1 amide bonds. The Morgan fingerprint density at radius 3 is 2.25 bits per heavy atom. The Labute approximate surface area is 228 Å². The van der Waals surface area contributed by atoms with Crippen molar-refractivity contribution in [3.63, 3.8) is 0 Å². The molecule has 40 heavy (non-hydrogen) atoms. The molecule has 2 aromatic rings. The summed E-state index contributed by atoms with van der Waals surface area (Å²) >= 11 is 0. The van der Waals surface area contributed by atoms with Crippen LogP contribution < -0.4 is 10.1 Å². The Bertz CT molecular complexity index is 1180. The van der Waals surface area contributed by atoms with Crippen molar-refractivity contribution in [1.82, 2.24) is 10.2 Å². The van der Waals surface area contributed by atoms with Gasteiger partial charge in [0.05, 0.1) is 30.9 Å². The van der Waals surface area contributed by atoms with Crippen molar-refractivity contribution in [2.24, 2.45) is 0 Å². The highest BCUT2D eigenvalue weighted by atomic mass is 19.4. The Kier molecular flexibility index (Phi) is 9.89. The van der Waals surface area contributed by atoms with Gasteiger partial charge < -0.3 is 14.8 Å². The first-order chi connectivity index (χ1) is 18.6. The van der Waals surface area contributed by atoms with E-state index in [0.717, 1.165) is 23.8 Å². The molecule has 1 heterocycles. The Morgan fingerprint density at radius 1 is 1.00 bits per heavy atom. The Balaban J connectivity index is 1.49. The number of aryl methyl sites for hydroxylation is 1. The number of nitrogens with one attached hydrogen (secondary N) is 1. The molecule has 1 atom stereocenters. The number of benzene rings is 2. The summed E-state index contributed by atoms with van der Waals surface area (Å²) in [6.45, 7) is 3.23. The molecule has 0 bridgehead atoms. The van der Waals surface area contributed by atoms with Crippen LogP contribution in [0.25, 0.3) is 0 Å². The predicted octanol–water partition coefficient (Wildman–Crippen LogP) is 5.88. The van der Waals surface area contributed by atoms with Crippen LogP contribution in [0.5, 0.6) is 5.75 Å². The Hall–Kier alpha value is -3.12. The van der Waals surface area contributed by atoms with E-state index in [1.165, 1.54) is 18.2 Å². The molecule has 1 aliphatic heterocycles. The maximum absolute atomic E-state index is 13.7. The topological polar surface area (TPSA) is 67.9 Å². The first-order valence-electron chi connectivity index (χ1n) is 12.8. The van der Waals surface area contributed by atoms with Crippen LogP contribution in [0.1, 0.15) is 60.2 Å². The van der Waals surface area contributed by atoms with E-state index in [2.05, 4.69) is 5.32 Å². The third kappa shape index (κ3) is 8.20. The number of amides is 1. The average molecular weight is 575 g/mol. The van der Waals surface area contributed by atoms with Crippen molar-refractivity contribution in [2.75, 3.05) is 26.8 Å². The first-order valence-corrected chi connectivity index (χ1v) is 12.8. The minimum absolute atomic E-state index is 0.00718. The maximum atomic E-state index is 13.7. The van der Waals surface area contributed by atoms with Gasteiger partial charge in [0.2, 0.25) is 5.91 Å². The number of halogens is 6. The number of alkyl halides is 6. The number of ketones is 1. The summed E-state index contributed by atoms with van der Waals surface area (Å²) in [7, 11) is 1.70. The van der Waals surface area contributed by atoms with Gasteiger partial charge in [0.1, 0.15) is 17.5 Å². The lowest BCUT2D eigenvalue weighted by atomic mass is 10.0. The third-order valence-electron chi connectivity index (χ3n) is 6.89. The number of likely N-dealkylation sites (N-methyl/N-ethyl adjacent to an activating group) is 1. The summed E-state index contributed by atoms with van der Waals surface area (Å²) in [6, 6.07) is 7.24. The van der Waals surface area contributed by atoms with Gasteiger partial charge in [0, 0.05) is 5.56 Å². The van der Waals surface area contributed by atoms with E-state index in [4.69, 9.17) is 9.47 Å². The van der Waals surface area contributed by atoms with E-state index in [-0.39, 0.29) is 18.8 Å². The third-order valence-corrected chi connectivity index (χ3v) is 6.89. The molecule has 0 spiro atoms. The molecule has 12 heteroatoms. The lowest BCUT2D eigenvalue weighted by Crippen LogP contribution is -2.49. The summed E-state index contributed by atoms with van der Waals surface area (Å²) in [4.78, 5) is 26.7. The van der Waals surface area contributed by atoms with E-state index >= 15 is 0 Å². The SMILES string of the molecule is CN1[C@H](C(=O)NCC(=O)c2ccc(OCCCCCc3ccc(C(F)(F)F)cc3)c(C(F)(F)F)c2)COC1(C)C. The van der Waals surface area contributed by atoms with Crippen molar-refractivity contribution in [3.05, 3.63) is 64.7 Å². The number of ether oxygens (including phenoxy) is 2. The first kappa shape index (κ1) is 31.4. The standard InChI is InChI=1S/C28H32F6N2O4/c1-26(2)36(3)22(17-40-26)25(38)35-16-23(37)19-10-13-24(21(15-19)28(32,33)34)39-14-6-4-5-7-18-8-11-20(12-9-18)27(29,30)31/h8-13,15,22H,4-7,14,16-17H2,1-3H3,(H,35,38)/t22-/m0/s1. The van der Waals surface area contributed by atoms with Gasteiger partial charge in [-0.05, 0) is 82.5 Å². The zero-order valence-electron chi connectivity index (χ0n) is 22.4. The zero-order chi connectivity index (χ0) is 29.7. The number of carbonyl (C=O) groups excluding carboxylic acids is 2. The smallest absolute Gasteiger partial charge is 0.419 e. The van der Waals surface area contributed by atoms with Gasteiger partial charge in [0.25, 0.3) is 0 Å². The molecule has 3 rings (SSSR count). The minimum Gasteiger partial charge on any atom is -0.493 e. The summed E-state index contributed by atoms with van der Waals surface area (Å²) in [6.07, 6.45) is -6.99. The molecule has 0 aromatic heterocycles. The van der Waals surface area contributed by atoms with Crippen LogP contribution >= 0.6 is 0 Å². The molecule has 0 saturated carbocycles. The fraction of sp³-hybridized carbons (Fsp3) is 0.500. The number of nitrogens with zero attached hydrogens (tertiary/aromatic N) is 1. The van der Waals surface area contributed by atoms with Gasteiger partial charge in [-0.2, -0.15) is 26.3 Å². The summed E-state index contributed by atoms with van der Waals surface area (Å²) in [5, 5.41) is 2.47. The summed E-state index contributed by atoms with van der Waals surface area (Å²) in [5.74, 6) is -1.56. The number of Topliss-reactive ketones (excluding diaryl/α,β-unsaturated/α-hetero) is 1. The van der Waals surface area contributed by atoms with Crippen LogP contribution in [0.3, 0.4) is 0 Å². The zero-order valence-corrected chi connectivity index (χ0v) is 22.4. The predicted molar refractivity (Wildman–Crippen MR) is 135 cm³/mol. The lowest BCUT2D eigenvalue weighted by Gasteiger charge is -2.28. The molecule has 2 aromatic carbocycles. The molecule has 220 valence electrons. The fourth-order valence-corrected chi connectivity index (χ4v) is 4.21. The molecular weight excluding hydrogens is 542 g/mol. The van der Waals surface area contributed by atoms with Crippen molar-refractivity contribution in [2.45, 2.75) is 63.7 Å². The minimum atomic E-state index is -4.77. The van der Waals surface area contributed by atoms with Gasteiger partial charge >= 0.3 is 12.4 Å². The largest absolute Gasteiger partial charge is 0.493 e. The highest BCUT2D eigenvalue weighted by Gasteiger charge is 2.41. The monoisotopic (exact) mass is 574 g/mol. The summed E-state index contributed by atoms with van der Waals surface area (Å²) in [5.41, 5.74) is -1.96. The molecule has 0 aliphatic carbocycles. The van der Waals surface area contributed by atoms with Crippen molar-refractivity contribution in [1.29, 1.82) is 0 Å². The normalized spacial score (nSPS) is 17.6. The second-order valence-electron chi connectivity index (χ2n) is 10.1. The van der Waals surface area contributed by atoms with Gasteiger partial charge in [-0.3, -0.25) is 14.5 Å². The second kappa shape index (κ2) is 12.6. The fourth-order valence-electron chi connectivity index (χ4n) is 4.21. The van der Waals surface area contributed by atoms with Crippen molar-refractivity contribution >= 4 is 11.7 Å². The van der Waals surface area contributed by atoms with E-state index in [0.29, 0.717) is 31.7 Å². The van der Waals surface area contributed by atoms with E-state index < -0.39 is 59.2 Å². The van der Waals surface area contributed by atoms with Gasteiger partial charge in [-0.25, -0.2) is 0 Å². The molecule has 6 nitrogen and oxygen atoms in total. The van der Waals surface area contributed by atoms with Crippen LogP contribution in [0.2, 0.25) is 0 Å². The number of hydrogen-bond donors (Lipinski definition) is 1. The lowest BCUT2D eigenvalue weighted by molar-refractivity contribution is -0.139. The number of unbranched alkanes of at least 4 members (excludes halogenated alkanes) is 2. The van der Waals surface area contributed by atoms with Crippen LogP contribution in [0, 0.1) is 0 Å². The second-order valence-corrected chi connectivity index (χ2v) is 10.1. The molecule has 0 unspecified atom stereocenters.